The second-order valence-electron chi connectivity index (χ2n) is 6.08. The minimum atomic E-state index is -3.67. The van der Waals surface area contributed by atoms with Gasteiger partial charge >= 0.3 is 0 Å². The number of sulfonamides is 1. The summed E-state index contributed by atoms with van der Waals surface area (Å²) in [5.41, 5.74) is 1.32. The summed E-state index contributed by atoms with van der Waals surface area (Å²) in [4.78, 5) is 12.7. The highest BCUT2D eigenvalue weighted by molar-refractivity contribution is 7.92. The third-order valence-electron chi connectivity index (χ3n) is 4.05. The van der Waals surface area contributed by atoms with Crippen LogP contribution in [-0.4, -0.2) is 33.7 Å². The molecule has 0 heterocycles. The monoisotopic (exact) mass is 376 g/mol. The van der Waals surface area contributed by atoms with Gasteiger partial charge in [-0.2, -0.15) is 0 Å². The normalized spacial score (nSPS) is 13.5. The minimum Gasteiger partial charge on any atom is -0.497 e. The molecule has 2 rings (SSSR count). The molecule has 0 aliphatic carbocycles. The van der Waals surface area contributed by atoms with Crippen molar-refractivity contribution < 1.29 is 17.9 Å². The van der Waals surface area contributed by atoms with Gasteiger partial charge in [0.2, 0.25) is 15.9 Å². The van der Waals surface area contributed by atoms with Crippen LogP contribution in [0.1, 0.15) is 25.5 Å². The number of methoxy groups -OCH3 is 1. The minimum absolute atomic E-state index is 0.238. The highest BCUT2D eigenvalue weighted by Crippen LogP contribution is 2.25. The summed E-state index contributed by atoms with van der Waals surface area (Å²) in [6.07, 6.45) is 1.08. The molecule has 0 radical (unpaired) electrons. The molecule has 1 amide bonds. The lowest BCUT2D eigenvalue weighted by atomic mass is 10.1. The van der Waals surface area contributed by atoms with E-state index in [1.54, 1.807) is 31.2 Å². The second kappa shape index (κ2) is 8.23. The molecule has 2 aromatic carbocycles. The molecular formula is C19H24N2O4S. The smallest absolute Gasteiger partial charge is 0.244 e. The summed E-state index contributed by atoms with van der Waals surface area (Å²) in [6, 6.07) is 15.0. The standard InChI is InChI=1S/C19H24N2O4S/c1-14(16-9-6-5-7-10-16)20-19(22)15(2)21(26(4,23)24)17-11-8-12-18(13-17)25-3/h5-15H,1-4H3,(H,20,22)/t14-,15+/m1/s1. The third-order valence-corrected chi connectivity index (χ3v) is 5.30. The number of carbonyl (C=O) groups excluding carboxylic acids is 1. The van der Waals surface area contributed by atoms with Gasteiger partial charge in [-0.05, 0) is 31.5 Å². The predicted octanol–water partition coefficient (Wildman–Crippen LogP) is 2.73. The number of anilines is 1. The highest BCUT2D eigenvalue weighted by Gasteiger charge is 2.30. The maximum atomic E-state index is 12.7. The van der Waals surface area contributed by atoms with Gasteiger partial charge in [0.05, 0.1) is 25.1 Å². The largest absolute Gasteiger partial charge is 0.497 e. The van der Waals surface area contributed by atoms with Crippen molar-refractivity contribution in [2.45, 2.75) is 25.9 Å². The number of hydrogen-bond donors (Lipinski definition) is 1. The second-order valence-corrected chi connectivity index (χ2v) is 7.94. The van der Waals surface area contributed by atoms with Crippen molar-refractivity contribution >= 4 is 21.6 Å². The fourth-order valence-corrected chi connectivity index (χ4v) is 3.88. The summed E-state index contributed by atoms with van der Waals surface area (Å²) in [7, 11) is -2.17. The summed E-state index contributed by atoms with van der Waals surface area (Å²) >= 11 is 0. The maximum Gasteiger partial charge on any atom is 0.244 e. The van der Waals surface area contributed by atoms with Crippen molar-refractivity contribution in [3.05, 3.63) is 60.2 Å². The summed E-state index contributed by atoms with van der Waals surface area (Å²) < 4.78 is 30.9. The molecule has 0 aliphatic rings. The molecule has 26 heavy (non-hydrogen) atoms. The van der Waals surface area contributed by atoms with E-state index >= 15 is 0 Å². The van der Waals surface area contributed by atoms with Crippen LogP contribution in [-0.2, 0) is 14.8 Å². The van der Waals surface area contributed by atoms with Crippen LogP contribution in [0.5, 0.6) is 5.75 Å². The van der Waals surface area contributed by atoms with Gasteiger partial charge in [-0.3, -0.25) is 9.10 Å². The van der Waals surface area contributed by atoms with Crippen molar-refractivity contribution in [2.75, 3.05) is 17.7 Å². The van der Waals surface area contributed by atoms with Gasteiger partial charge < -0.3 is 10.1 Å². The molecule has 0 spiro atoms. The molecule has 0 aliphatic heterocycles. The number of rotatable bonds is 7. The van der Waals surface area contributed by atoms with Gasteiger partial charge in [-0.25, -0.2) is 8.42 Å². The summed E-state index contributed by atoms with van der Waals surface area (Å²) in [5.74, 6) is 0.135. The first-order valence-corrected chi connectivity index (χ1v) is 10.1. The molecule has 0 fully saturated rings. The Labute approximate surface area is 154 Å². The molecular weight excluding hydrogens is 352 g/mol. The van der Waals surface area contributed by atoms with E-state index in [1.807, 2.05) is 37.3 Å². The van der Waals surface area contributed by atoms with Gasteiger partial charge in [0.25, 0.3) is 0 Å². The SMILES string of the molecule is COc1cccc(N([C@@H](C)C(=O)N[C@H](C)c2ccccc2)S(C)(=O)=O)c1. The van der Waals surface area contributed by atoms with Crippen LogP contribution in [0.3, 0.4) is 0 Å². The average Bonchev–Trinajstić information content (AvgIpc) is 2.61. The molecule has 0 unspecified atom stereocenters. The number of nitrogens with zero attached hydrogens (tertiary/aromatic N) is 1. The predicted molar refractivity (Wildman–Crippen MR) is 103 cm³/mol. The summed E-state index contributed by atoms with van der Waals surface area (Å²) in [5, 5.41) is 2.87. The first kappa shape index (κ1) is 19.8. The Morgan fingerprint density at radius 3 is 2.31 bits per heavy atom. The zero-order valence-electron chi connectivity index (χ0n) is 15.3. The first-order valence-electron chi connectivity index (χ1n) is 8.23. The zero-order chi connectivity index (χ0) is 19.3. The van der Waals surface area contributed by atoms with Crippen molar-refractivity contribution in [1.29, 1.82) is 0 Å². The topological polar surface area (TPSA) is 75.7 Å². The van der Waals surface area contributed by atoms with E-state index in [2.05, 4.69) is 5.32 Å². The van der Waals surface area contributed by atoms with E-state index in [4.69, 9.17) is 4.74 Å². The number of ether oxygens (including phenoxy) is 1. The molecule has 0 bridgehead atoms. The fraction of sp³-hybridized carbons (Fsp3) is 0.316. The van der Waals surface area contributed by atoms with Gasteiger partial charge in [-0.15, -0.1) is 0 Å². The Morgan fingerprint density at radius 2 is 1.73 bits per heavy atom. The van der Waals surface area contributed by atoms with Gasteiger partial charge in [0.15, 0.2) is 0 Å². The lowest BCUT2D eigenvalue weighted by Gasteiger charge is -2.29. The zero-order valence-corrected chi connectivity index (χ0v) is 16.2. The molecule has 140 valence electrons. The van der Waals surface area contributed by atoms with Gasteiger partial charge in [0, 0.05) is 6.07 Å². The Kier molecular flexibility index (Phi) is 6.26. The van der Waals surface area contributed by atoms with Gasteiger partial charge in [0.1, 0.15) is 11.8 Å². The van der Waals surface area contributed by atoms with Crippen LogP contribution >= 0.6 is 0 Å². The number of amides is 1. The molecule has 0 saturated carbocycles. The highest BCUT2D eigenvalue weighted by atomic mass is 32.2. The van der Waals surface area contributed by atoms with E-state index < -0.39 is 16.1 Å². The van der Waals surface area contributed by atoms with Crippen molar-refractivity contribution in [3.8, 4) is 5.75 Å². The number of benzene rings is 2. The molecule has 0 saturated heterocycles. The Hall–Kier alpha value is -2.54. The summed E-state index contributed by atoms with van der Waals surface area (Å²) in [6.45, 7) is 3.42. The maximum absolute atomic E-state index is 12.7. The van der Waals surface area contributed by atoms with E-state index in [-0.39, 0.29) is 11.9 Å². The van der Waals surface area contributed by atoms with Crippen molar-refractivity contribution in [3.63, 3.8) is 0 Å². The molecule has 2 atom stereocenters. The van der Waals surface area contributed by atoms with Crippen LogP contribution in [0.25, 0.3) is 0 Å². The number of hydrogen-bond acceptors (Lipinski definition) is 4. The molecule has 1 N–H and O–H groups in total. The Bertz CT molecular complexity index is 853. The van der Waals surface area contributed by atoms with Crippen molar-refractivity contribution in [1.82, 2.24) is 5.32 Å². The third kappa shape index (κ3) is 4.76. The lowest BCUT2D eigenvalue weighted by Crippen LogP contribution is -2.48. The molecule has 0 aromatic heterocycles. The van der Waals surface area contributed by atoms with Crippen LogP contribution in [0.4, 0.5) is 5.69 Å². The molecule has 2 aromatic rings. The number of carbonyl (C=O) groups is 1. The molecule has 6 nitrogen and oxygen atoms in total. The van der Waals surface area contributed by atoms with Crippen LogP contribution in [0, 0.1) is 0 Å². The Balaban J connectivity index is 2.26. The van der Waals surface area contributed by atoms with Crippen LogP contribution in [0.2, 0.25) is 0 Å². The first-order chi connectivity index (χ1) is 12.2. The average molecular weight is 376 g/mol. The van der Waals surface area contributed by atoms with E-state index in [0.29, 0.717) is 11.4 Å². The Morgan fingerprint density at radius 1 is 1.08 bits per heavy atom. The number of nitrogens with one attached hydrogen (secondary N) is 1. The van der Waals surface area contributed by atoms with E-state index in [0.717, 1.165) is 16.1 Å². The fourth-order valence-electron chi connectivity index (χ4n) is 2.72. The van der Waals surface area contributed by atoms with Gasteiger partial charge in [-0.1, -0.05) is 36.4 Å². The molecule has 7 heteroatoms. The van der Waals surface area contributed by atoms with Crippen molar-refractivity contribution in [2.24, 2.45) is 0 Å². The lowest BCUT2D eigenvalue weighted by molar-refractivity contribution is -0.122. The van der Waals surface area contributed by atoms with E-state index in [9.17, 15) is 13.2 Å². The van der Waals surface area contributed by atoms with E-state index in [1.165, 1.54) is 7.11 Å². The quantitative estimate of drug-likeness (QED) is 0.806. The van der Waals surface area contributed by atoms with Crippen LogP contribution in [0.15, 0.2) is 54.6 Å². The van der Waals surface area contributed by atoms with Crippen LogP contribution < -0.4 is 14.4 Å².